The maximum absolute atomic E-state index is 12.4. The summed E-state index contributed by atoms with van der Waals surface area (Å²) in [7, 11) is 0. The number of pyridine rings is 2. The highest BCUT2D eigenvalue weighted by Gasteiger charge is 2.35. The number of amides is 1. The zero-order valence-electron chi connectivity index (χ0n) is 12.0. The van der Waals surface area contributed by atoms with Crippen molar-refractivity contribution >= 4 is 32.7 Å². The molecule has 110 valence electrons. The minimum atomic E-state index is -0.137. The normalized spacial score (nSPS) is 20.6. The number of carbonyl (C=O) groups is 1. The first-order chi connectivity index (χ1) is 9.97. The van der Waals surface area contributed by atoms with Crippen LogP contribution in [0, 0.1) is 5.41 Å². The first-order valence-corrected chi connectivity index (χ1v) is 7.68. The SMILES string of the molecule is CC1(C)CNCC1NC(=O)c1ccc2cncc(Br)c2n1. The van der Waals surface area contributed by atoms with E-state index in [1.165, 1.54) is 0 Å². The van der Waals surface area contributed by atoms with Gasteiger partial charge in [-0.05, 0) is 33.5 Å². The highest BCUT2D eigenvalue weighted by atomic mass is 79.9. The van der Waals surface area contributed by atoms with Gasteiger partial charge < -0.3 is 10.6 Å². The molecule has 2 aromatic rings. The lowest BCUT2D eigenvalue weighted by molar-refractivity contribution is 0.0912. The molecule has 1 aliphatic heterocycles. The van der Waals surface area contributed by atoms with Gasteiger partial charge in [0.15, 0.2) is 0 Å². The van der Waals surface area contributed by atoms with Crippen LogP contribution in [0.15, 0.2) is 29.0 Å². The van der Waals surface area contributed by atoms with Crippen molar-refractivity contribution in [2.45, 2.75) is 19.9 Å². The molecule has 1 amide bonds. The quantitative estimate of drug-likeness (QED) is 0.872. The van der Waals surface area contributed by atoms with E-state index in [-0.39, 0.29) is 17.4 Å². The minimum Gasteiger partial charge on any atom is -0.346 e. The Morgan fingerprint density at radius 2 is 2.24 bits per heavy atom. The van der Waals surface area contributed by atoms with Gasteiger partial charge in [0.05, 0.1) is 9.99 Å². The zero-order valence-corrected chi connectivity index (χ0v) is 13.6. The van der Waals surface area contributed by atoms with Gasteiger partial charge in [0.1, 0.15) is 5.69 Å². The number of aromatic nitrogens is 2. The van der Waals surface area contributed by atoms with Gasteiger partial charge in [-0.2, -0.15) is 0 Å². The van der Waals surface area contributed by atoms with Crippen LogP contribution in [0.4, 0.5) is 0 Å². The van der Waals surface area contributed by atoms with Crippen LogP contribution in [-0.2, 0) is 0 Å². The number of halogens is 1. The number of carbonyl (C=O) groups excluding carboxylic acids is 1. The van der Waals surface area contributed by atoms with Gasteiger partial charge in [-0.3, -0.25) is 9.78 Å². The molecule has 1 unspecified atom stereocenters. The van der Waals surface area contributed by atoms with Crippen molar-refractivity contribution in [3.05, 3.63) is 34.7 Å². The molecule has 3 rings (SSSR count). The molecule has 1 saturated heterocycles. The molecule has 0 aromatic carbocycles. The number of nitrogens with zero attached hydrogens (tertiary/aromatic N) is 2. The van der Waals surface area contributed by atoms with Crippen LogP contribution in [0.1, 0.15) is 24.3 Å². The fourth-order valence-corrected chi connectivity index (χ4v) is 2.99. The maximum atomic E-state index is 12.4. The van der Waals surface area contributed by atoms with Gasteiger partial charge in [-0.15, -0.1) is 0 Å². The van der Waals surface area contributed by atoms with Gasteiger partial charge in [0.2, 0.25) is 0 Å². The predicted molar refractivity (Wildman–Crippen MR) is 85.1 cm³/mol. The molecule has 0 spiro atoms. The molecule has 0 radical (unpaired) electrons. The number of nitrogens with one attached hydrogen (secondary N) is 2. The van der Waals surface area contributed by atoms with E-state index in [4.69, 9.17) is 0 Å². The van der Waals surface area contributed by atoms with E-state index in [9.17, 15) is 4.79 Å². The average Bonchev–Trinajstić information content (AvgIpc) is 2.78. The second-order valence-corrected chi connectivity index (χ2v) is 6.89. The van der Waals surface area contributed by atoms with Crippen molar-refractivity contribution in [1.82, 2.24) is 20.6 Å². The summed E-state index contributed by atoms with van der Waals surface area (Å²) in [6, 6.07) is 3.72. The molecule has 1 fully saturated rings. The summed E-state index contributed by atoms with van der Waals surface area (Å²) in [6.07, 6.45) is 3.42. The summed E-state index contributed by atoms with van der Waals surface area (Å²) in [6.45, 7) is 5.99. The summed E-state index contributed by atoms with van der Waals surface area (Å²) in [4.78, 5) is 20.9. The van der Waals surface area contributed by atoms with Crippen LogP contribution in [0.5, 0.6) is 0 Å². The Hall–Kier alpha value is -1.53. The van der Waals surface area contributed by atoms with E-state index < -0.39 is 0 Å². The van der Waals surface area contributed by atoms with Gasteiger partial charge in [0, 0.05) is 36.9 Å². The van der Waals surface area contributed by atoms with E-state index in [1.807, 2.05) is 6.07 Å². The van der Waals surface area contributed by atoms with Gasteiger partial charge in [0.25, 0.3) is 5.91 Å². The second-order valence-electron chi connectivity index (χ2n) is 6.04. The van der Waals surface area contributed by atoms with Crippen LogP contribution in [0.25, 0.3) is 10.9 Å². The molecule has 1 aliphatic rings. The fourth-order valence-electron chi connectivity index (χ4n) is 2.55. The topological polar surface area (TPSA) is 66.9 Å². The summed E-state index contributed by atoms with van der Waals surface area (Å²) < 4.78 is 0.789. The Morgan fingerprint density at radius 1 is 1.43 bits per heavy atom. The molecule has 1 atom stereocenters. The number of rotatable bonds is 2. The van der Waals surface area contributed by atoms with Gasteiger partial charge in [-0.1, -0.05) is 13.8 Å². The molecule has 6 heteroatoms. The molecule has 2 N–H and O–H groups in total. The summed E-state index contributed by atoms with van der Waals surface area (Å²) in [5.74, 6) is -0.137. The number of hydrogen-bond acceptors (Lipinski definition) is 4. The predicted octanol–water partition coefficient (Wildman–Crippen LogP) is 2.12. The van der Waals surface area contributed by atoms with Gasteiger partial charge >= 0.3 is 0 Å². The lowest BCUT2D eigenvalue weighted by Crippen LogP contribution is -2.44. The van der Waals surface area contributed by atoms with Crippen molar-refractivity contribution in [3.8, 4) is 0 Å². The minimum absolute atomic E-state index is 0.0526. The Balaban J connectivity index is 1.86. The highest BCUT2D eigenvalue weighted by Crippen LogP contribution is 2.24. The van der Waals surface area contributed by atoms with Gasteiger partial charge in [-0.25, -0.2) is 4.98 Å². The van der Waals surface area contributed by atoms with Crippen molar-refractivity contribution < 1.29 is 4.79 Å². The zero-order chi connectivity index (χ0) is 15.0. The summed E-state index contributed by atoms with van der Waals surface area (Å²) in [5, 5.41) is 7.29. The first kappa shape index (κ1) is 14.4. The van der Waals surface area contributed by atoms with E-state index in [2.05, 4.69) is 50.4 Å². The first-order valence-electron chi connectivity index (χ1n) is 6.89. The average molecular weight is 349 g/mol. The third kappa shape index (κ3) is 2.78. The van der Waals surface area contributed by atoms with Crippen molar-refractivity contribution in [2.75, 3.05) is 13.1 Å². The molecule has 21 heavy (non-hydrogen) atoms. The van der Waals surface area contributed by atoms with Crippen LogP contribution >= 0.6 is 15.9 Å². The van der Waals surface area contributed by atoms with E-state index in [0.717, 1.165) is 28.5 Å². The largest absolute Gasteiger partial charge is 0.346 e. The molecule has 0 bridgehead atoms. The standard InChI is InChI=1S/C15H17BrN4O/c1-15(2)8-18-7-12(15)20-14(21)11-4-3-9-5-17-6-10(16)13(9)19-11/h3-6,12,18H,7-8H2,1-2H3,(H,20,21). The van der Waals surface area contributed by atoms with E-state index >= 15 is 0 Å². The lowest BCUT2D eigenvalue weighted by atomic mass is 9.88. The Kier molecular flexibility index (Phi) is 3.67. The summed E-state index contributed by atoms with van der Waals surface area (Å²) >= 11 is 3.42. The van der Waals surface area contributed by atoms with Crippen LogP contribution in [-0.4, -0.2) is 35.0 Å². The van der Waals surface area contributed by atoms with Crippen molar-refractivity contribution in [1.29, 1.82) is 0 Å². The monoisotopic (exact) mass is 348 g/mol. The molecule has 2 aromatic heterocycles. The third-order valence-electron chi connectivity index (χ3n) is 3.96. The van der Waals surface area contributed by atoms with Crippen LogP contribution in [0.3, 0.4) is 0 Å². The van der Waals surface area contributed by atoms with Crippen LogP contribution in [0.2, 0.25) is 0 Å². The Labute approximate surface area is 131 Å². The number of hydrogen-bond donors (Lipinski definition) is 2. The smallest absolute Gasteiger partial charge is 0.270 e. The Morgan fingerprint density at radius 3 is 2.95 bits per heavy atom. The lowest BCUT2D eigenvalue weighted by Gasteiger charge is -2.26. The fraction of sp³-hybridized carbons (Fsp3) is 0.400. The summed E-state index contributed by atoms with van der Waals surface area (Å²) in [5.41, 5.74) is 1.23. The second kappa shape index (κ2) is 5.35. The third-order valence-corrected chi connectivity index (χ3v) is 4.54. The van der Waals surface area contributed by atoms with Crippen molar-refractivity contribution in [2.24, 2.45) is 5.41 Å². The Bertz CT molecular complexity index is 701. The molecular formula is C15H17BrN4O. The van der Waals surface area contributed by atoms with E-state index in [0.29, 0.717) is 5.69 Å². The number of fused-ring (bicyclic) bond motifs is 1. The highest BCUT2D eigenvalue weighted by molar-refractivity contribution is 9.10. The molecule has 0 aliphatic carbocycles. The molecule has 5 nitrogen and oxygen atoms in total. The maximum Gasteiger partial charge on any atom is 0.270 e. The molecular weight excluding hydrogens is 332 g/mol. The van der Waals surface area contributed by atoms with E-state index in [1.54, 1.807) is 18.5 Å². The van der Waals surface area contributed by atoms with Crippen molar-refractivity contribution in [3.63, 3.8) is 0 Å². The van der Waals surface area contributed by atoms with Crippen LogP contribution < -0.4 is 10.6 Å². The molecule has 0 saturated carbocycles. The molecule has 3 heterocycles.